The van der Waals surface area contributed by atoms with Gasteiger partial charge in [-0.2, -0.15) is 0 Å². The van der Waals surface area contributed by atoms with Crippen LogP contribution in [0.1, 0.15) is 41.5 Å². The highest BCUT2D eigenvalue weighted by atomic mass is 16.2. The molecule has 1 saturated carbocycles. The van der Waals surface area contributed by atoms with Crippen LogP contribution in [0.3, 0.4) is 0 Å². The number of hydrogen-bond donors (Lipinski definition) is 0. The first-order valence-electron chi connectivity index (χ1n) is 6.13. The third-order valence-corrected chi connectivity index (χ3v) is 3.75. The topological polar surface area (TPSA) is 68.3 Å². The second kappa shape index (κ2) is 4.11. The van der Waals surface area contributed by atoms with E-state index in [2.05, 4.69) is 0 Å². The summed E-state index contributed by atoms with van der Waals surface area (Å²) < 4.78 is 0. The Bertz CT molecular complexity index is 411. The molecule has 0 radical (unpaired) electrons. The van der Waals surface area contributed by atoms with Gasteiger partial charge in [-0.3, -0.25) is 19.2 Å². The summed E-state index contributed by atoms with van der Waals surface area (Å²) in [5.41, 5.74) is -2.54. The fourth-order valence-electron chi connectivity index (χ4n) is 2.44. The summed E-state index contributed by atoms with van der Waals surface area (Å²) in [6.45, 7) is 9.27. The Kier molecular flexibility index (Phi) is 3.36. The Hall–Kier alpha value is -1.32. The van der Waals surface area contributed by atoms with Gasteiger partial charge in [0.1, 0.15) is 5.92 Å². The first kappa shape index (κ1) is 14.7. The molecule has 0 spiro atoms. The minimum absolute atomic E-state index is 0.390. The van der Waals surface area contributed by atoms with Crippen LogP contribution in [-0.4, -0.2) is 23.1 Å². The van der Waals surface area contributed by atoms with E-state index in [9.17, 15) is 19.2 Å². The van der Waals surface area contributed by atoms with E-state index in [-0.39, 0.29) is 0 Å². The van der Waals surface area contributed by atoms with Crippen molar-refractivity contribution >= 4 is 23.1 Å². The molecule has 0 saturated heterocycles. The van der Waals surface area contributed by atoms with E-state index in [0.717, 1.165) is 0 Å². The van der Waals surface area contributed by atoms with E-state index in [1.807, 2.05) is 0 Å². The smallest absolute Gasteiger partial charge is 0.163 e. The molecule has 0 amide bonds. The summed E-state index contributed by atoms with van der Waals surface area (Å²) >= 11 is 0. The van der Waals surface area contributed by atoms with Gasteiger partial charge in [-0.15, -0.1) is 0 Å². The number of Topliss-reactive ketones (excluding diaryl/α,β-unsaturated/α-hetero) is 4. The maximum absolute atomic E-state index is 12.2. The Morgan fingerprint density at radius 2 is 1.28 bits per heavy atom. The van der Waals surface area contributed by atoms with Crippen LogP contribution in [0.25, 0.3) is 0 Å². The van der Waals surface area contributed by atoms with Crippen LogP contribution >= 0.6 is 0 Å². The molecule has 0 heterocycles. The van der Waals surface area contributed by atoms with Gasteiger partial charge < -0.3 is 0 Å². The molecule has 0 atom stereocenters. The SMILES string of the molecule is CC(C)C(=O)C1C(=O)C(C)(C)C(=O)C(C)(C)C1=O. The minimum Gasteiger partial charge on any atom is -0.298 e. The van der Waals surface area contributed by atoms with Crippen molar-refractivity contribution in [1.29, 1.82) is 0 Å². The van der Waals surface area contributed by atoms with Crippen LogP contribution in [0.2, 0.25) is 0 Å². The van der Waals surface area contributed by atoms with E-state index >= 15 is 0 Å². The predicted molar refractivity (Wildman–Crippen MR) is 65.9 cm³/mol. The zero-order chi connectivity index (χ0) is 14.5. The standard InChI is InChI=1S/C14H20O4/c1-7(2)9(15)8-10(16)13(3,4)12(18)14(5,6)11(8)17/h7-8H,1-6H3. The van der Waals surface area contributed by atoms with E-state index in [4.69, 9.17) is 0 Å². The Labute approximate surface area is 107 Å². The van der Waals surface area contributed by atoms with Crippen molar-refractivity contribution in [3.63, 3.8) is 0 Å². The fourth-order valence-corrected chi connectivity index (χ4v) is 2.44. The molecule has 1 fully saturated rings. The highest BCUT2D eigenvalue weighted by Crippen LogP contribution is 2.41. The summed E-state index contributed by atoms with van der Waals surface area (Å²) in [6, 6.07) is 0. The van der Waals surface area contributed by atoms with E-state index < -0.39 is 45.8 Å². The fraction of sp³-hybridized carbons (Fsp3) is 0.714. The third-order valence-electron chi connectivity index (χ3n) is 3.75. The van der Waals surface area contributed by atoms with Gasteiger partial charge in [0.25, 0.3) is 0 Å². The molecule has 1 aliphatic rings. The minimum atomic E-state index is -1.28. The lowest BCUT2D eigenvalue weighted by Crippen LogP contribution is -2.59. The molecule has 100 valence electrons. The maximum Gasteiger partial charge on any atom is 0.163 e. The average molecular weight is 252 g/mol. The van der Waals surface area contributed by atoms with Gasteiger partial charge in [-0.25, -0.2) is 0 Å². The first-order valence-corrected chi connectivity index (χ1v) is 6.13. The second-order valence-corrected chi connectivity index (χ2v) is 6.30. The van der Waals surface area contributed by atoms with Crippen LogP contribution in [0.4, 0.5) is 0 Å². The second-order valence-electron chi connectivity index (χ2n) is 6.30. The normalized spacial score (nSPS) is 23.6. The molecule has 4 heteroatoms. The summed E-state index contributed by atoms with van der Waals surface area (Å²) in [5, 5.41) is 0. The quantitative estimate of drug-likeness (QED) is 0.700. The summed E-state index contributed by atoms with van der Waals surface area (Å²) in [6.07, 6.45) is 0. The van der Waals surface area contributed by atoms with Crippen molar-refractivity contribution in [2.24, 2.45) is 22.7 Å². The number of carbonyl (C=O) groups is 4. The predicted octanol–water partition coefficient (Wildman–Crippen LogP) is 1.60. The van der Waals surface area contributed by atoms with E-state index in [0.29, 0.717) is 0 Å². The monoisotopic (exact) mass is 252 g/mol. The van der Waals surface area contributed by atoms with Gasteiger partial charge >= 0.3 is 0 Å². The Morgan fingerprint density at radius 3 is 1.56 bits per heavy atom. The molecule has 0 bridgehead atoms. The lowest BCUT2D eigenvalue weighted by molar-refractivity contribution is -0.162. The molecule has 0 unspecified atom stereocenters. The van der Waals surface area contributed by atoms with E-state index in [1.54, 1.807) is 13.8 Å². The lowest BCUT2D eigenvalue weighted by Gasteiger charge is -2.40. The zero-order valence-corrected chi connectivity index (χ0v) is 11.8. The van der Waals surface area contributed by atoms with Crippen LogP contribution < -0.4 is 0 Å². The van der Waals surface area contributed by atoms with Crippen molar-refractivity contribution in [2.75, 3.05) is 0 Å². The van der Waals surface area contributed by atoms with Crippen molar-refractivity contribution in [3.8, 4) is 0 Å². The van der Waals surface area contributed by atoms with Crippen LogP contribution in [0.15, 0.2) is 0 Å². The largest absolute Gasteiger partial charge is 0.298 e. The molecule has 0 aliphatic heterocycles. The zero-order valence-electron chi connectivity index (χ0n) is 11.8. The summed E-state index contributed by atoms with van der Waals surface area (Å²) in [5.74, 6) is -3.60. The number of rotatable bonds is 2. The molecular weight excluding hydrogens is 232 g/mol. The van der Waals surface area contributed by atoms with Gasteiger partial charge in [0.05, 0.1) is 10.8 Å². The Balaban J connectivity index is 3.37. The number of carbonyl (C=O) groups excluding carboxylic acids is 4. The number of hydrogen-bond acceptors (Lipinski definition) is 4. The molecule has 1 aliphatic carbocycles. The van der Waals surface area contributed by atoms with Crippen LogP contribution in [0, 0.1) is 22.7 Å². The molecule has 0 N–H and O–H groups in total. The van der Waals surface area contributed by atoms with Gasteiger partial charge in [0.15, 0.2) is 23.1 Å². The van der Waals surface area contributed by atoms with E-state index in [1.165, 1.54) is 27.7 Å². The molecule has 0 aromatic carbocycles. The Morgan fingerprint density at radius 1 is 0.944 bits per heavy atom. The third kappa shape index (κ3) is 1.84. The molecule has 0 aromatic heterocycles. The molecule has 18 heavy (non-hydrogen) atoms. The highest BCUT2D eigenvalue weighted by Gasteiger charge is 2.59. The van der Waals surface area contributed by atoms with Crippen molar-refractivity contribution in [1.82, 2.24) is 0 Å². The van der Waals surface area contributed by atoms with Crippen LogP contribution in [0.5, 0.6) is 0 Å². The van der Waals surface area contributed by atoms with Gasteiger partial charge in [-0.1, -0.05) is 13.8 Å². The number of ketones is 4. The highest BCUT2D eigenvalue weighted by molar-refractivity contribution is 6.35. The van der Waals surface area contributed by atoms with Crippen molar-refractivity contribution in [3.05, 3.63) is 0 Å². The molecule has 0 aromatic rings. The van der Waals surface area contributed by atoms with Gasteiger partial charge in [0.2, 0.25) is 0 Å². The molecule has 1 rings (SSSR count). The lowest BCUT2D eigenvalue weighted by atomic mass is 9.57. The maximum atomic E-state index is 12.2. The first-order chi connectivity index (χ1) is 7.95. The van der Waals surface area contributed by atoms with Crippen molar-refractivity contribution < 1.29 is 19.2 Å². The molecular formula is C14H20O4. The molecule has 4 nitrogen and oxygen atoms in total. The van der Waals surface area contributed by atoms with Gasteiger partial charge in [0, 0.05) is 5.92 Å². The van der Waals surface area contributed by atoms with Crippen LogP contribution in [-0.2, 0) is 19.2 Å². The summed E-state index contributed by atoms with van der Waals surface area (Å²) in [7, 11) is 0. The van der Waals surface area contributed by atoms with Gasteiger partial charge in [-0.05, 0) is 27.7 Å². The van der Waals surface area contributed by atoms with Crippen molar-refractivity contribution in [2.45, 2.75) is 41.5 Å². The average Bonchev–Trinajstić information content (AvgIpc) is 2.25. The summed E-state index contributed by atoms with van der Waals surface area (Å²) in [4.78, 5) is 48.7.